The van der Waals surface area contributed by atoms with Crippen LogP contribution in [0, 0.1) is 0 Å². The molecule has 0 saturated heterocycles. The molecule has 0 saturated carbocycles. The van der Waals surface area contributed by atoms with Crippen molar-refractivity contribution in [2.45, 2.75) is 32.1 Å². The Labute approximate surface area is 200 Å². The van der Waals surface area contributed by atoms with E-state index in [1.54, 1.807) is 13.8 Å². The second kappa shape index (κ2) is 11.3. The van der Waals surface area contributed by atoms with Gasteiger partial charge in [-0.2, -0.15) is 4.31 Å². The molecular weight excluding hydrogens is 458 g/mol. The van der Waals surface area contributed by atoms with Gasteiger partial charge in [0.1, 0.15) is 18.0 Å². The molecule has 1 heterocycles. The number of carbonyl (C=O) groups excluding carboxylic acids is 2. The van der Waals surface area contributed by atoms with Gasteiger partial charge in [0.2, 0.25) is 15.9 Å². The van der Waals surface area contributed by atoms with E-state index >= 15 is 0 Å². The fourth-order valence-electron chi connectivity index (χ4n) is 3.69. The Morgan fingerprint density at radius 3 is 2.47 bits per heavy atom. The second-order valence-corrected chi connectivity index (χ2v) is 9.60. The Kier molecular flexibility index (Phi) is 8.51. The highest BCUT2D eigenvalue weighted by Gasteiger charge is 2.30. The number of rotatable bonds is 11. The predicted octanol–water partition coefficient (Wildman–Crippen LogP) is 2.20. The lowest BCUT2D eigenvalue weighted by molar-refractivity contribution is -0.125. The number of amides is 2. The lowest BCUT2D eigenvalue weighted by atomic mass is 10.1. The first-order chi connectivity index (χ1) is 16.3. The molecule has 10 heteroatoms. The minimum absolute atomic E-state index is 0.0501. The zero-order valence-corrected chi connectivity index (χ0v) is 20.6. The zero-order valence-electron chi connectivity index (χ0n) is 19.7. The highest BCUT2D eigenvalue weighted by Crippen LogP contribution is 2.34. The molecule has 9 nitrogen and oxygen atoms in total. The second-order valence-electron chi connectivity index (χ2n) is 7.66. The van der Waals surface area contributed by atoms with Gasteiger partial charge in [0.25, 0.3) is 5.91 Å². The van der Waals surface area contributed by atoms with E-state index < -0.39 is 15.9 Å². The number of nitrogens with zero attached hydrogens (tertiary/aromatic N) is 2. The number of sulfonamides is 1. The molecule has 184 valence electrons. The lowest BCUT2D eigenvalue weighted by Gasteiger charge is -2.29. The summed E-state index contributed by atoms with van der Waals surface area (Å²) < 4.78 is 38.0. The molecule has 0 spiro atoms. The number of ether oxygens (including phenoxy) is 2. The van der Waals surface area contributed by atoms with Gasteiger partial charge in [-0.15, -0.1) is 0 Å². The maximum atomic E-state index is 12.9. The van der Waals surface area contributed by atoms with Crippen LogP contribution in [-0.2, 0) is 26.0 Å². The maximum absolute atomic E-state index is 12.9. The average molecular weight is 490 g/mol. The first kappa shape index (κ1) is 25.5. The molecule has 0 aromatic heterocycles. The van der Waals surface area contributed by atoms with Crippen molar-refractivity contribution in [1.29, 1.82) is 0 Å². The van der Waals surface area contributed by atoms with Crippen LogP contribution in [0.3, 0.4) is 0 Å². The fourth-order valence-corrected chi connectivity index (χ4v) is 5.17. The van der Waals surface area contributed by atoms with Crippen molar-refractivity contribution >= 4 is 27.5 Å². The third-order valence-corrected chi connectivity index (χ3v) is 7.53. The SMILES string of the molecule is CCOc1ccc(CCNC(=O)CN2C(=O)COc3ccc(S(=O)(=O)N(CC)CC)cc32)cc1. The normalized spacial score (nSPS) is 13.4. The van der Waals surface area contributed by atoms with E-state index in [-0.39, 0.29) is 29.6 Å². The van der Waals surface area contributed by atoms with Crippen LogP contribution in [0.5, 0.6) is 11.5 Å². The van der Waals surface area contributed by atoms with E-state index in [0.717, 1.165) is 11.3 Å². The van der Waals surface area contributed by atoms with Crippen LogP contribution < -0.4 is 19.7 Å². The Hall–Kier alpha value is -3.11. The van der Waals surface area contributed by atoms with E-state index in [2.05, 4.69) is 5.32 Å². The molecule has 3 rings (SSSR count). The highest BCUT2D eigenvalue weighted by molar-refractivity contribution is 7.89. The fraction of sp³-hybridized carbons (Fsp3) is 0.417. The zero-order chi connectivity index (χ0) is 24.7. The average Bonchev–Trinajstić information content (AvgIpc) is 2.82. The number of fused-ring (bicyclic) bond motifs is 1. The predicted molar refractivity (Wildman–Crippen MR) is 129 cm³/mol. The minimum atomic E-state index is -3.73. The summed E-state index contributed by atoms with van der Waals surface area (Å²) in [6, 6.07) is 12.0. The number of anilines is 1. The highest BCUT2D eigenvalue weighted by atomic mass is 32.2. The van der Waals surface area contributed by atoms with Gasteiger partial charge in [-0.3, -0.25) is 14.5 Å². The quantitative estimate of drug-likeness (QED) is 0.519. The summed E-state index contributed by atoms with van der Waals surface area (Å²) in [5.74, 6) is 0.401. The molecule has 1 N–H and O–H groups in total. The first-order valence-electron chi connectivity index (χ1n) is 11.4. The van der Waals surface area contributed by atoms with Crippen LogP contribution in [0.1, 0.15) is 26.3 Å². The molecule has 0 bridgehead atoms. The monoisotopic (exact) mass is 489 g/mol. The summed E-state index contributed by atoms with van der Waals surface area (Å²) in [4.78, 5) is 26.4. The largest absolute Gasteiger partial charge is 0.494 e. The van der Waals surface area contributed by atoms with Gasteiger partial charge in [0.05, 0.1) is 17.2 Å². The molecule has 2 aromatic carbocycles. The molecule has 0 radical (unpaired) electrons. The van der Waals surface area contributed by atoms with Crippen LogP contribution in [0.15, 0.2) is 47.4 Å². The van der Waals surface area contributed by atoms with Crippen molar-refractivity contribution in [2.75, 3.05) is 44.3 Å². The summed E-state index contributed by atoms with van der Waals surface area (Å²) in [6.07, 6.45) is 0.623. The van der Waals surface area contributed by atoms with E-state index in [1.807, 2.05) is 31.2 Å². The van der Waals surface area contributed by atoms with Crippen LogP contribution in [0.2, 0.25) is 0 Å². The van der Waals surface area contributed by atoms with Gasteiger partial charge >= 0.3 is 0 Å². The van der Waals surface area contributed by atoms with E-state index in [9.17, 15) is 18.0 Å². The molecule has 34 heavy (non-hydrogen) atoms. The molecule has 1 aliphatic rings. The molecule has 0 fully saturated rings. The van der Waals surface area contributed by atoms with Crippen molar-refractivity contribution in [3.63, 3.8) is 0 Å². The van der Waals surface area contributed by atoms with E-state index in [1.165, 1.54) is 27.4 Å². The van der Waals surface area contributed by atoms with Crippen LogP contribution in [-0.4, -0.2) is 63.9 Å². The summed E-state index contributed by atoms with van der Waals surface area (Å²) in [7, 11) is -3.73. The molecule has 0 atom stereocenters. The number of nitrogens with one attached hydrogen (secondary N) is 1. The number of hydrogen-bond acceptors (Lipinski definition) is 6. The molecule has 2 amide bonds. The Morgan fingerprint density at radius 2 is 1.82 bits per heavy atom. The molecule has 1 aliphatic heterocycles. The van der Waals surface area contributed by atoms with Crippen LogP contribution >= 0.6 is 0 Å². The molecule has 0 unspecified atom stereocenters. The van der Waals surface area contributed by atoms with Gasteiger partial charge < -0.3 is 14.8 Å². The van der Waals surface area contributed by atoms with Crippen molar-refractivity contribution in [3.05, 3.63) is 48.0 Å². The van der Waals surface area contributed by atoms with Gasteiger partial charge in [-0.05, 0) is 49.2 Å². The number of hydrogen-bond donors (Lipinski definition) is 1. The Morgan fingerprint density at radius 1 is 1.12 bits per heavy atom. The molecule has 2 aromatic rings. The number of carbonyl (C=O) groups is 2. The van der Waals surface area contributed by atoms with Crippen molar-refractivity contribution in [3.8, 4) is 11.5 Å². The third kappa shape index (κ3) is 5.87. The summed E-state index contributed by atoms with van der Waals surface area (Å²) >= 11 is 0. The van der Waals surface area contributed by atoms with Crippen LogP contribution in [0.4, 0.5) is 5.69 Å². The standard InChI is InChI=1S/C24H31N3O6S/c1-4-26(5-2)34(30,31)20-11-12-22-21(15-20)27(24(29)17-33-22)16-23(28)25-14-13-18-7-9-19(10-8-18)32-6-3/h7-12,15H,4-6,13-14,16-17H2,1-3H3,(H,25,28). The van der Waals surface area contributed by atoms with Crippen molar-refractivity contribution in [2.24, 2.45) is 0 Å². The molecular formula is C24H31N3O6S. The summed E-state index contributed by atoms with van der Waals surface area (Å²) in [5.41, 5.74) is 1.31. The third-order valence-electron chi connectivity index (χ3n) is 5.49. The molecule has 0 aliphatic carbocycles. The Balaban J connectivity index is 1.68. The minimum Gasteiger partial charge on any atom is -0.494 e. The van der Waals surface area contributed by atoms with Crippen LogP contribution in [0.25, 0.3) is 0 Å². The van der Waals surface area contributed by atoms with Gasteiger partial charge in [-0.1, -0.05) is 26.0 Å². The van der Waals surface area contributed by atoms with E-state index in [0.29, 0.717) is 38.4 Å². The summed E-state index contributed by atoms with van der Waals surface area (Å²) in [5, 5.41) is 2.82. The van der Waals surface area contributed by atoms with Gasteiger partial charge in [-0.25, -0.2) is 8.42 Å². The topological polar surface area (TPSA) is 105 Å². The number of benzene rings is 2. The smallest absolute Gasteiger partial charge is 0.265 e. The Bertz CT molecular complexity index is 1110. The van der Waals surface area contributed by atoms with E-state index in [4.69, 9.17) is 9.47 Å². The van der Waals surface area contributed by atoms with Crippen molar-refractivity contribution < 1.29 is 27.5 Å². The lowest BCUT2D eigenvalue weighted by Crippen LogP contribution is -2.45. The maximum Gasteiger partial charge on any atom is 0.265 e. The van der Waals surface area contributed by atoms with Crippen molar-refractivity contribution in [1.82, 2.24) is 9.62 Å². The first-order valence-corrected chi connectivity index (χ1v) is 12.8. The van der Waals surface area contributed by atoms with Gasteiger partial charge in [0, 0.05) is 19.6 Å². The summed E-state index contributed by atoms with van der Waals surface area (Å²) in [6.45, 7) is 6.65. The van der Waals surface area contributed by atoms with Gasteiger partial charge in [0.15, 0.2) is 6.61 Å².